The van der Waals surface area contributed by atoms with Crippen molar-refractivity contribution in [2.75, 3.05) is 10.2 Å². The fourth-order valence-corrected chi connectivity index (χ4v) is 3.13. The van der Waals surface area contributed by atoms with Gasteiger partial charge in [-0.2, -0.15) is 0 Å². The first-order valence-corrected chi connectivity index (χ1v) is 9.37. The van der Waals surface area contributed by atoms with Gasteiger partial charge in [0.05, 0.1) is 12.2 Å². The van der Waals surface area contributed by atoms with E-state index < -0.39 is 17.8 Å². The van der Waals surface area contributed by atoms with E-state index >= 15 is 0 Å². The zero-order valence-electron chi connectivity index (χ0n) is 16.2. The predicted molar refractivity (Wildman–Crippen MR) is 113 cm³/mol. The number of amides is 2. The Labute approximate surface area is 177 Å². The molecule has 154 valence electrons. The molecule has 0 aromatic heterocycles. The van der Waals surface area contributed by atoms with Crippen molar-refractivity contribution < 1.29 is 24.3 Å². The zero-order chi connectivity index (χ0) is 21.8. The molecule has 0 spiro atoms. The van der Waals surface area contributed by atoms with Crippen LogP contribution in [-0.2, 0) is 25.8 Å². The topological polar surface area (TPSA) is 108 Å². The first-order chi connectivity index (χ1) is 15.0. The first-order valence-electron chi connectivity index (χ1n) is 9.37. The predicted octanol–water partition coefficient (Wildman–Crippen LogP) is 2.83. The average Bonchev–Trinajstić information content (AvgIpc) is 3.05. The molecule has 3 aromatic rings. The van der Waals surface area contributed by atoms with E-state index in [2.05, 4.69) is 10.5 Å². The lowest BCUT2D eigenvalue weighted by molar-refractivity contribution is -0.152. The molecule has 0 saturated carbocycles. The van der Waals surface area contributed by atoms with Crippen molar-refractivity contribution >= 4 is 34.9 Å². The molecule has 0 saturated heterocycles. The number of phenols is 1. The Bertz CT molecular complexity index is 1170. The number of fused-ring (bicyclic) bond motifs is 1. The Kier molecular flexibility index (Phi) is 5.44. The van der Waals surface area contributed by atoms with Gasteiger partial charge in [-0.1, -0.05) is 53.7 Å². The molecule has 1 heterocycles. The van der Waals surface area contributed by atoms with Crippen molar-refractivity contribution in [2.24, 2.45) is 5.16 Å². The van der Waals surface area contributed by atoms with Gasteiger partial charge < -0.3 is 20.2 Å². The normalized spacial score (nSPS) is 13.7. The van der Waals surface area contributed by atoms with Gasteiger partial charge in [-0.15, -0.1) is 0 Å². The Balaban J connectivity index is 1.50. The highest BCUT2D eigenvalue weighted by atomic mass is 16.7. The van der Waals surface area contributed by atoms with Crippen LogP contribution >= 0.6 is 0 Å². The van der Waals surface area contributed by atoms with Crippen LogP contribution in [0.3, 0.4) is 0 Å². The van der Waals surface area contributed by atoms with Crippen molar-refractivity contribution in [3.8, 4) is 5.75 Å². The maximum absolute atomic E-state index is 13.0. The molecule has 3 aromatic carbocycles. The molecule has 8 nitrogen and oxygen atoms in total. The van der Waals surface area contributed by atoms with Crippen molar-refractivity contribution in [3.05, 3.63) is 90.0 Å². The van der Waals surface area contributed by atoms with Crippen LogP contribution in [0.1, 0.15) is 11.1 Å². The summed E-state index contributed by atoms with van der Waals surface area (Å²) in [5.41, 5.74) is 2.31. The summed E-state index contributed by atoms with van der Waals surface area (Å²) in [7, 11) is 0. The van der Waals surface area contributed by atoms with Crippen LogP contribution in [0, 0.1) is 0 Å². The molecule has 2 amide bonds. The number of oxime groups is 1. The van der Waals surface area contributed by atoms with Gasteiger partial charge in [0, 0.05) is 11.3 Å². The van der Waals surface area contributed by atoms with Crippen molar-refractivity contribution in [1.29, 1.82) is 0 Å². The Hall–Kier alpha value is -4.46. The molecule has 1 aliphatic rings. The minimum absolute atomic E-state index is 0.0189. The first kappa shape index (κ1) is 19.8. The lowest BCUT2D eigenvalue weighted by Gasteiger charge is -2.16. The molecule has 0 unspecified atom stereocenters. The molecule has 0 aliphatic carbocycles. The summed E-state index contributed by atoms with van der Waals surface area (Å²) in [6.45, 7) is 0.324. The number of para-hydroxylation sites is 1. The largest absolute Gasteiger partial charge is 0.508 e. The van der Waals surface area contributed by atoms with E-state index in [9.17, 15) is 19.5 Å². The summed E-state index contributed by atoms with van der Waals surface area (Å²) in [5, 5.41) is 15.3. The number of hydrogen-bond donors (Lipinski definition) is 2. The molecule has 8 heteroatoms. The van der Waals surface area contributed by atoms with Gasteiger partial charge >= 0.3 is 11.9 Å². The molecule has 1 aliphatic heterocycles. The number of benzene rings is 3. The quantitative estimate of drug-likeness (QED) is 0.295. The summed E-state index contributed by atoms with van der Waals surface area (Å²) in [6, 6.07) is 22.0. The van der Waals surface area contributed by atoms with E-state index in [-0.39, 0.29) is 11.5 Å². The van der Waals surface area contributed by atoms with Gasteiger partial charge in [-0.25, -0.2) is 4.79 Å². The lowest BCUT2D eigenvalue weighted by atomic mass is 10.1. The minimum atomic E-state index is -1.27. The Morgan fingerprint density at radius 1 is 0.935 bits per heavy atom. The van der Waals surface area contributed by atoms with Crippen LogP contribution in [0.15, 0.2) is 84.0 Å². The van der Waals surface area contributed by atoms with E-state index in [0.29, 0.717) is 23.5 Å². The molecule has 2 N–H and O–H groups in total. The second-order valence-corrected chi connectivity index (χ2v) is 6.71. The molecule has 31 heavy (non-hydrogen) atoms. The van der Waals surface area contributed by atoms with Gasteiger partial charge in [0.2, 0.25) is 0 Å². The molecule has 0 bridgehead atoms. The second-order valence-electron chi connectivity index (χ2n) is 6.71. The van der Waals surface area contributed by atoms with E-state index in [0.717, 1.165) is 5.56 Å². The number of carbonyl (C=O) groups excluding carboxylic acids is 3. The maximum atomic E-state index is 13.0. The fourth-order valence-electron chi connectivity index (χ4n) is 3.13. The summed E-state index contributed by atoms with van der Waals surface area (Å²) in [4.78, 5) is 43.3. The molecular formula is C23H17N3O5. The number of carbonyl (C=O) groups is 3. The van der Waals surface area contributed by atoms with Gasteiger partial charge in [0.15, 0.2) is 5.71 Å². The van der Waals surface area contributed by atoms with Crippen LogP contribution in [0.4, 0.5) is 11.4 Å². The number of hydrogen-bond acceptors (Lipinski definition) is 6. The van der Waals surface area contributed by atoms with Crippen LogP contribution in [0.2, 0.25) is 0 Å². The maximum Gasteiger partial charge on any atom is 0.423 e. The van der Waals surface area contributed by atoms with E-state index in [1.54, 1.807) is 24.3 Å². The lowest BCUT2D eigenvalue weighted by Crippen LogP contribution is -2.30. The molecule has 0 atom stereocenters. The van der Waals surface area contributed by atoms with E-state index in [1.165, 1.54) is 29.2 Å². The fraction of sp³-hybridized carbons (Fsp3) is 0.0435. The molecule has 0 radical (unpaired) electrons. The van der Waals surface area contributed by atoms with Crippen LogP contribution < -0.4 is 10.2 Å². The van der Waals surface area contributed by atoms with Gasteiger partial charge in [0.25, 0.3) is 5.91 Å². The van der Waals surface area contributed by atoms with E-state index in [1.807, 2.05) is 30.3 Å². The highest BCUT2D eigenvalue weighted by Gasteiger charge is 2.35. The van der Waals surface area contributed by atoms with Gasteiger partial charge in [-0.05, 0) is 35.9 Å². The molecular weight excluding hydrogens is 398 g/mol. The zero-order valence-corrected chi connectivity index (χ0v) is 16.2. The molecule has 4 rings (SSSR count). The third-order valence-corrected chi connectivity index (χ3v) is 4.61. The standard InChI is InChI=1S/C23H17N3O5/c27-17-12-10-16(11-13-17)24-21(28)23(30)31-25-20-18-8-4-5-9-19(18)26(22(20)29)14-15-6-2-1-3-7-15/h1-13,27H,14H2,(H,24,28)/b25-20-. The van der Waals surface area contributed by atoms with Crippen LogP contribution in [0.25, 0.3) is 0 Å². The summed E-state index contributed by atoms with van der Waals surface area (Å²) in [5.74, 6) is -2.75. The van der Waals surface area contributed by atoms with Crippen molar-refractivity contribution in [1.82, 2.24) is 0 Å². The van der Waals surface area contributed by atoms with Gasteiger partial charge in [0.1, 0.15) is 5.75 Å². The van der Waals surface area contributed by atoms with E-state index in [4.69, 9.17) is 4.84 Å². The monoisotopic (exact) mass is 415 g/mol. The number of nitrogens with zero attached hydrogens (tertiary/aromatic N) is 2. The Morgan fingerprint density at radius 3 is 2.35 bits per heavy atom. The van der Waals surface area contributed by atoms with Crippen molar-refractivity contribution in [2.45, 2.75) is 6.54 Å². The highest BCUT2D eigenvalue weighted by Crippen LogP contribution is 2.30. The number of rotatable bonds is 4. The SMILES string of the molecule is O=C(Nc1ccc(O)cc1)C(=O)O/N=C1\C(=O)N(Cc2ccccc2)c2ccccc21. The smallest absolute Gasteiger partial charge is 0.423 e. The van der Waals surface area contributed by atoms with Crippen molar-refractivity contribution in [3.63, 3.8) is 0 Å². The highest BCUT2D eigenvalue weighted by molar-refractivity contribution is 6.54. The summed E-state index contributed by atoms with van der Waals surface area (Å²) < 4.78 is 0. The third-order valence-electron chi connectivity index (χ3n) is 4.61. The van der Waals surface area contributed by atoms with Crippen LogP contribution in [0.5, 0.6) is 5.75 Å². The number of anilines is 2. The minimum Gasteiger partial charge on any atom is -0.508 e. The van der Waals surface area contributed by atoms with Crippen LogP contribution in [-0.4, -0.2) is 28.6 Å². The van der Waals surface area contributed by atoms with Gasteiger partial charge in [-0.3, -0.25) is 9.59 Å². The Morgan fingerprint density at radius 2 is 1.61 bits per heavy atom. The second kappa shape index (κ2) is 8.50. The number of phenolic OH excluding ortho intramolecular Hbond substituents is 1. The summed E-state index contributed by atoms with van der Waals surface area (Å²) >= 11 is 0. The summed E-state index contributed by atoms with van der Waals surface area (Å²) in [6.07, 6.45) is 0. The average molecular weight is 415 g/mol. The molecule has 0 fully saturated rings. The third kappa shape index (κ3) is 4.27. The number of aromatic hydroxyl groups is 1. The number of nitrogens with one attached hydrogen (secondary N) is 1.